The standard InChI is InChI=1S/C11H12N2O2.C9H11NO2.C6H14N4O2.C6H13NO2.C3H7NO3.2C2H5NO2/c12-9(11(14)15)5-7-6-13-10-4-2-1-3-8(7)10;10-8(9(11)12)6-7-4-2-1-3-5-7;7-4(5(11)12)2-1-3-10-6(8)9;1-4(2)3-5(7)6(8)9;4-2(1-5)3(6)7;2*3-1-2(4)5/h1-4,6,9,13H,5,12H2,(H,14,15);1-5,8H,6,10H2,(H,11,12);4H,1-3,7H2,(H,11,12)(H4,8,9,10);4-5H,3,7H2,1-2H3,(H,8,9);2,5H,1,4H2,(H,6,7);2*1,3H2,(H,4,5)/t9-;8-;4-;5-;2-;;/m00000../s1. The highest BCUT2D eigenvalue weighted by Crippen LogP contribution is 2.18. The van der Waals surface area contributed by atoms with E-state index < -0.39 is 78.6 Å². The number of benzene rings is 2. The molecule has 2 aromatic carbocycles. The second-order valence-corrected chi connectivity index (χ2v) is 13.4. The summed E-state index contributed by atoms with van der Waals surface area (Å²) in [7, 11) is 0. The monoisotopic (exact) mass is 929 g/mol. The second kappa shape index (κ2) is 38.9. The van der Waals surface area contributed by atoms with Crippen molar-refractivity contribution in [1.29, 1.82) is 0 Å². The van der Waals surface area contributed by atoms with Crippen molar-refractivity contribution in [2.24, 2.45) is 62.5 Å². The molecule has 0 radical (unpaired) electrons. The first-order valence-electron chi connectivity index (χ1n) is 19.2. The molecule has 1 aromatic heterocycles. The van der Waals surface area contributed by atoms with Crippen LogP contribution in [0, 0.1) is 5.92 Å². The molecular weight excluding hydrogens is 862 g/mol. The largest absolute Gasteiger partial charge is 0.480 e. The van der Waals surface area contributed by atoms with Gasteiger partial charge in [-0.2, -0.15) is 0 Å². The van der Waals surface area contributed by atoms with Crippen molar-refractivity contribution in [3.8, 4) is 0 Å². The van der Waals surface area contributed by atoms with Crippen molar-refractivity contribution in [3.05, 3.63) is 71.9 Å². The van der Waals surface area contributed by atoms with E-state index in [9.17, 15) is 33.6 Å². The van der Waals surface area contributed by atoms with E-state index in [0.29, 0.717) is 44.6 Å². The van der Waals surface area contributed by atoms with E-state index in [1.165, 1.54) is 0 Å². The van der Waals surface area contributed by atoms with Crippen LogP contribution in [0.3, 0.4) is 0 Å². The third kappa shape index (κ3) is 39.8. The molecule has 0 bridgehead atoms. The zero-order valence-electron chi connectivity index (χ0n) is 36.2. The molecule has 0 saturated carbocycles. The molecule has 0 fully saturated rings. The Morgan fingerprint density at radius 2 is 1.02 bits per heavy atom. The lowest BCUT2D eigenvalue weighted by molar-refractivity contribution is -0.140. The summed E-state index contributed by atoms with van der Waals surface area (Å²) in [6, 6.07) is 12.8. The molecule has 3 rings (SSSR count). The van der Waals surface area contributed by atoms with Crippen LogP contribution >= 0.6 is 0 Å². The quantitative estimate of drug-likeness (QED) is 0.0346. The molecule has 3 aromatic rings. The average molecular weight is 930 g/mol. The van der Waals surface area contributed by atoms with Crippen LogP contribution in [0.25, 0.3) is 10.9 Å². The minimum atomic E-state index is -1.18. The van der Waals surface area contributed by atoms with Crippen LogP contribution in [-0.4, -0.2) is 150 Å². The maximum absolute atomic E-state index is 10.6. The van der Waals surface area contributed by atoms with Gasteiger partial charge in [-0.1, -0.05) is 62.4 Å². The number of guanidine groups is 1. The summed E-state index contributed by atoms with van der Waals surface area (Å²) in [4.78, 5) is 76.2. The number of aliphatic hydroxyl groups is 1. The minimum Gasteiger partial charge on any atom is -0.480 e. The normalized spacial score (nSPS) is 12.0. The number of nitrogens with zero attached hydrogens (tertiary/aromatic N) is 1. The Kier molecular flexibility index (Phi) is 38.8. The number of rotatable bonds is 18. The van der Waals surface area contributed by atoms with Crippen LogP contribution < -0.4 is 51.6 Å². The van der Waals surface area contributed by atoms with E-state index in [4.69, 9.17) is 81.0 Å². The molecule has 0 aliphatic heterocycles. The highest BCUT2D eigenvalue weighted by Gasteiger charge is 2.15. The Labute approximate surface area is 374 Å². The summed E-state index contributed by atoms with van der Waals surface area (Å²) >= 11 is 0. The van der Waals surface area contributed by atoms with Gasteiger partial charge in [0.2, 0.25) is 0 Å². The lowest BCUT2D eigenvalue weighted by atomic mass is 10.1. The SMILES string of the molecule is CC(C)C[C@H](N)C(=O)O.NC(N)=NCCC[C@H](N)C(=O)O.NCC(=O)O.NCC(=O)O.N[C@@H](CO)C(=O)O.N[C@@H](Cc1c[nH]c2ccccc12)C(=O)O.N[C@@H](Cc1ccccc1)C(=O)O. The third-order valence-corrected chi connectivity index (χ3v) is 7.24. The van der Waals surface area contributed by atoms with Crippen molar-refractivity contribution in [1.82, 2.24) is 4.98 Å². The molecule has 5 atom stereocenters. The van der Waals surface area contributed by atoms with Crippen molar-refractivity contribution < 1.29 is 74.4 Å². The Morgan fingerprint density at radius 1 is 0.600 bits per heavy atom. The number of para-hydroxylation sites is 1. The fraction of sp³-hybridized carbons (Fsp3) is 0.436. The van der Waals surface area contributed by atoms with Crippen molar-refractivity contribution in [2.45, 2.75) is 76.2 Å². The molecular formula is C39H67N11O15. The van der Waals surface area contributed by atoms with Crippen molar-refractivity contribution >= 4 is 58.6 Å². The van der Waals surface area contributed by atoms with E-state index in [1.54, 1.807) is 0 Å². The number of nitrogens with one attached hydrogen (secondary N) is 1. The summed E-state index contributed by atoms with van der Waals surface area (Å²) in [6.45, 7) is 3.25. The molecule has 0 aliphatic rings. The van der Waals surface area contributed by atoms with Gasteiger partial charge in [-0.25, -0.2) is 0 Å². The highest BCUT2D eigenvalue weighted by molar-refractivity contribution is 5.84. The first kappa shape index (κ1) is 64.8. The zero-order chi connectivity index (χ0) is 51.2. The summed E-state index contributed by atoms with van der Waals surface area (Å²) in [5, 5.41) is 66.0. The van der Waals surface area contributed by atoms with Crippen LogP contribution in [0.15, 0.2) is 65.8 Å². The van der Waals surface area contributed by atoms with Gasteiger partial charge in [0, 0.05) is 30.1 Å². The molecule has 26 nitrogen and oxygen atoms in total. The lowest BCUT2D eigenvalue weighted by Gasteiger charge is -2.07. The number of aromatic nitrogens is 1. The van der Waals surface area contributed by atoms with Crippen molar-refractivity contribution in [3.63, 3.8) is 0 Å². The first-order chi connectivity index (χ1) is 30.2. The molecule has 0 unspecified atom stereocenters. The number of aliphatic imine (C=N–C) groups is 1. The maximum atomic E-state index is 10.6. The molecule has 26 heteroatoms. The number of aromatic amines is 1. The number of nitrogens with two attached hydrogens (primary N) is 9. The molecule has 0 amide bonds. The van der Waals surface area contributed by atoms with Gasteiger partial charge >= 0.3 is 41.8 Å². The average Bonchev–Trinajstić information content (AvgIpc) is 3.65. The molecule has 0 aliphatic carbocycles. The molecule has 0 saturated heterocycles. The van der Waals surface area contributed by atoms with E-state index >= 15 is 0 Å². The van der Waals surface area contributed by atoms with E-state index in [1.807, 2.05) is 74.6 Å². The number of aliphatic carboxylic acids is 7. The maximum Gasteiger partial charge on any atom is 0.322 e. The van der Waals surface area contributed by atoms with Gasteiger partial charge in [0.25, 0.3) is 0 Å². The van der Waals surface area contributed by atoms with Crippen molar-refractivity contribution in [2.75, 3.05) is 26.2 Å². The van der Waals surface area contributed by atoms with Crippen LogP contribution in [0.1, 0.15) is 44.2 Å². The molecule has 368 valence electrons. The number of hydrogen-bond donors (Lipinski definition) is 18. The summed E-state index contributed by atoms with van der Waals surface area (Å²) in [5.74, 6) is -6.59. The van der Waals surface area contributed by atoms with Crippen LogP contribution in [0.5, 0.6) is 0 Å². The Bertz CT molecular complexity index is 1830. The summed E-state index contributed by atoms with van der Waals surface area (Å²) in [5.41, 5.74) is 48.2. The van der Waals surface area contributed by atoms with Crippen LogP contribution in [0.4, 0.5) is 0 Å². The van der Waals surface area contributed by atoms with Gasteiger partial charge in [0.1, 0.15) is 30.2 Å². The van der Waals surface area contributed by atoms with Gasteiger partial charge in [-0.3, -0.25) is 38.6 Å². The number of hydrogen-bond acceptors (Lipinski definition) is 16. The zero-order valence-corrected chi connectivity index (χ0v) is 36.2. The fourth-order valence-corrected chi connectivity index (χ4v) is 3.91. The highest BCUT2D eigenvalue weighted by atomic mass is 16.4. The van der Waals surface area contributed by atoms with Crippen LogP contribution in [0.2, 0.25) is 0 Å². The predicted molar refractivity (Wildman–Crippen MR) is 240 cm³/mol. The van der Waals surface area contributed by atoms with Gasteiger partial charge in [0.15, 0.2) is 5.96 Å². The van der Waals surface area contributed by atoms with E-state index in [-0.39, 0.29) is 19.0 Å². The molecule has 1 heterocycles. The lowest BCUT2D eigenvalue weighted by Crippen LogP contribution is -2.33. The fourth-order valence-electron chi connectivity index (χ4n) is 3.91. The number of fused-ring (bicyclic) bond motifs is 1. The number of carbonyl (C=O) groups is 7. The number of carboxylic acids is 7. The Hall–Kier alpha value is -6.78. The number of aliphatic hydroxyl groups excluding tert-OH is 1. The van der Waals surface area contributed by atoms with Gasteiger partial charge in [-0.05, 0) is 48.8 Å². The van der Waals surface area contributed by atoms with Gasteiger partial charge in [0.05, 0.1) is 19.7 Å². The Balaban J connectivity index is -0.000000346. The van der Waals surface area contributed by atoms with E-state index in [0.717, 1.165) is 22.0 Å². The topological polar surface area (TPSA) is 544 Å². The first-order valence-corrected chi connectivity index (χ1v) is 19.2. The molecule has 27 N–H and O–H groups in total. The molecule has 0 spiro atoms. The van der Waals surface area contributed by atoms with Gasteiger partial charge < -0.3 is 97.4 Å². The van der Waals surface area contributed by atoms with E-state index in [2.05, 4.69) is 21.4 Å². The summed E-state index contributed by atoms with van der Waals surface area (Å²) in [6.07, 6.45) is 4.05. The second-order valence-electron chi connectivity index (χ2n) is 13.4. The minimum absolute atomic E-state index is 0.0129. The summed E-state index contributed by atoms with van der Waals surface area (Å²) < 4.78 is 0. The predicted octanol–water partition coefficient (Wildman–Crippen LogP) is -2.89. The third-order valence-electron chi connectivity index (χ3n) is 7.24. The molecule has 65 heavy (non-hydrogen) atoms. The number of carboxylic acid groups (broad SMARTS) is 7. The smallest absolute Gasteiger partial charge is 0.322 e. The van der Waals surface area contributed by atoms with Crippen LogP contribution in [-0.2, 0) is 46.4 Å². The van der Waals surface area contributed by atoms with Gasteiger partial charge in [-0.15, -0.1) is 0 Å². The Morgan fingerprint density at radius 3 is 1.37 bits per heavy atom. The number of H-pyrrole nitrogens is 1.